The van der Waals surface area contributed by atoms with Gasteiger partial charge < -0.3 is 15.3 Å². The average Bonchev–Trinajstić information content (AvgIpc) is 3.12. The Kier molecular flexibility index (Phi) is 12.3. The van der Waals surface area contributed by atoms with Crippen LogP contribution in [0.1, 0.15) is 47.8 Å². The normalized spacial score (nSPS) is 10.5. The summed E-state index contributed by atoms with van der Waals surface area (Å²) in [6.07, 6.45) is -4.48. The molecule has 6 rings (SSSR count). The second-order valence-corrected chi connectivity index (χ2v) is 11.4. The molecule has 6 aromatic rings. The molecule has 9 heteroatoms. The van der Waals surface area contributed by atoms with E-state index in [1.165, 1.54) is 53.6 Å². The van der Waals surface area contributed by atoms with Gasteiger partial charge in [0, 0.05) is 0 Å². The molecule has 0 aromatic heterocycles. The smallest absolute Gasteiger partial charge is 0.417 e. The number of halogens is 3. The van der Waals surface area contributed by atoms with Gasteiger partial charge in [-0.05, 0) is 89.7 Å². The molecule has 0 unspecified atom stereocenters. The number of carboxylic acids is 3. The third-order valence-electron chi connectivity index (χ3n) is 7.61. The van der Waals surface area contributed by atoms with E-state index >= 15 is 0 Å². The predicted octanol–water partition coefficient (Wildman–Crippen LogP) is 10.8. The Hall–Kier alpha value is -6.48. The highest BCUT2D eigenvalue weighted by Crippen LogP contribution is 2.37. The van der Waals surface area contributed by atoms with Crippen LogP contribution in [0.5, 0.6) is 0 Å². The van der Waals surface area contributed by atoms with Gasteiger partial charge in [-0.25, -0.2) is 14.4 Å². The minimum atomic E-state index is -4.48. The van der Waals surface area contributed by atoms with Crippen LogP contribution in [-0.2, 0) is 6.18 Å². The van der Waals surface area contributed by atoms with Gasteiger partial charge in [0.1, 0.15) is 0 Å². The van der Waals surface area contributed by atoms with E-state index < -0.39 is 29.6 Å². The number of hydrogen-bond donors (Lipinski definition) is 3. The molecular formula is C42H33F3O6. The van der Waals surface area contributed by atoms with E-state index in [9.17, 15) is 27.6 Å². The van der Waals surface area contributed by atoms with Gasteiger partial charge in [0.25, 0.3) is 0 Å². The fourth-order valence-corrected chi connectivity index (χ4v) is 5.04. The number of carbonyl (C=O) groups is 3. The monoisotopic (exact) mass is 690 g/mol. The molecule has 0 saturated carbocycles. The summed E-state index contributed by atoms with van der Waals surface area (Å²) in [5.74, 6) is -2.96. The third-order valence-corrected chi connectivity index (χ3v) is 7.61. The van der Waals surface area contributed by atoms with Crippen molar-refractivity contribution in [3.05, 3.63) is 179 Å². The van der Waals surface area contributed by atoms with Gasteiger partial charge in [-0.15, -0.1) is 0 Å². The quantitative estimate of drug-likeness (QED) is 0.160. The van der Waals surface area contributed by atoms with E-state index in [4.69, 9.17) is 15.3 Å². The molecule has 0 bridgehead atoms. The zero-order valence-corrected chi connectivity index (χ0v) is 27.6. The second kappa shape index (κ2) is 16.8. The number of benzene rings is 6. The molecule has 0 amide bonds. The van der Waals surface area contributed by atoms with E-state index in [-0.39, 0.29) is 16.7 Å². The maximum atomic E-state index is 12.9. The first-order valence-electron chi connectivity index (χ1n) is 15.5. The summed E-state index contributed by atoms with van der Waals surface area (Å²) in [6, 6.07) is 40.5. The molecule has 0 aliphatic carbocycles. The highest BCUT2D eigenvalue weighted by molar-refractivity contribution is 5.90. The van der Waals surface area contributed by atoms with Gasteiger partial charge in [0.05, 0.1) is 22.3 Å². The predicted molar refractivity (Wildman–Crippen MR) is 191 cm³/mol. The molecule has 0 heterocycles. The lowest BCUT2D eigenvalue weighted by Gasteiger charge is -2.13. The SMILES string of the molecule is Cc1ccc(-c2cccc(C(=O)O)c2)cc1.Cc1cccc(-c2cccc(C(=O)O)c2)c1.O=C(O)c1cccc(-c2ccccc2C(F)(F)F)c1. The first kappa shape index (κ1) is 37.3. The molecule has 6 aromatic carbocycles. The van der Waals surface area contributed by atoms with Crippen molar-refractivity contribution in [3.8, 4) is 33.4 Å². The summed E-state index contributed by atoms with van der Waals surface area (Å²) < 4.78 is 38.6. The van der Waals surface area contributed by atoms with Crippen molar-refractivity contribution in [2.75, 3.05) is 0 Å². The number of rotatable bonds is 6. The average molecular weight is 691 g/mol. The largest absolute Gasteiger partial charge is 0.478 e. The molecule has 0 aliphatic rings. The number of aryl methyl sites for hydroxylation is 2. The van der Waals surface area contributed by atoms with Crippen LogP contribution in [0.2, 0.25) is 0 Å². The number of alkyl halides is 3. The van der Waals surface area contributed by atoms with Crippen molar-refractivity contribution in [1.82, 2.24) is 0 Å². The molecular weight excluding hydrogens is 657 g/mol. The molecule has 51 heavy (non-hydrogen) atoms. The van der Waals surface area contributed by atoms with Gasteiger partial charge in [-0.1, -0.05) is 114 Å². The maximum Gasteiger partial charge on any atom is 0.417 e. The van der Waals surface area contributed by atoms with Crippen molar-refractivity contribution in [1.29, 1.82) is 0 Å². The summed E-state index contributed by atoms with van der Waals surface area (Å²) in [4.78, 5) is 32.5. The fraction of sp³-hybridized carbons (Fsp3) is 0.0714. The first-order chi connectivity index (χ1) is 24.2. The molecule has 0 radical (unpaired) electrons. The Morgan fingerprint density at radius 2 is 0.843 bits per heavy atom. The fourth-order valence-electron chi connectivity index (χ4n) is 5.04. The Labute approximate surface area is 292 Å². The Morgan fingerprint density at radius 1 is 0.431 bits per heavy atom. The summed E-state index contributed by atoms with van der Waals surface area (Å²) in [7, 11) is 0. The molecule has 0 aliphatic heterocycles. The van der Waals surface area contributed by atoms with Crippen molar-refractivity contribution < 1.29 is 42.9 Å². The van der Waals surface area contributed by atoms with Crippen LogP contribution >= 0.6 is 0 Å². The van der Waals surface area contributed by atoms with E-state index in [1.807, 2.05) is 74.5 Å². The van der Waals surface area contributed by atoms with Crippen LogP contribution in [0.15, 0.2) is 146 Å². The molecule has 258 valence electrons. The molecule has 0 saturated heterocycles. The molecule has 0 fully saturated rings. The lowest BCUT2D eigenvalue weighted by Crippen LogP contribution is -2.07. The van der Waals surface area contributed by atoms with Crippen LogP contribution in [0, 0.1) is 13.8 Å². The zero-order chi connectivity index (χ0) is 37.1. The van der Waals surface area contributed by atoms with Gasteiger partial charge in [0.15, 0.2) is 0 Å². The van der Waals surface area contributed by atoms with E-state index in [1.54, 1.807) is 36.4 Å². The molecule has 0 atom stereocenters. The summed E-state index contributed by atoms with van der Waals surface area (Å²) in [5, 5.41) is 26.7. The van der Waals surface area contributed by atoms with Crippen LogP contribution in [0.3, 0.4) is 0 Å². The summed E-state index contributed by atoms with van der Waals surface area (Å²) >= 11 is 0. The van der Waals surface area contributed by atoms with Crippen LogP contribution in [0.4, 0.5) is 13.2 Å². The minimum Gasteiger partial charge on any atom is -0.478 e. The highest BCUT2D eigenvalue weighted by atomic mass is 19.4. The van der Waals surface area contributed by atoms with Crippen molar-refractivity contribution in [2.45, 2.75) is 20.0 Å². The zero-order valence-electron chi connectivity index (χ0n) is 27.6. The summed E-state index contributed by atoms with van der Waals surface area (Å²) in [5.41, 5.74) is 6.31. The van der Waals surface area contributed by atoms with Crippen molar-refractivity contribution in [3.63, 3.8) is 0 Å². The van der Waals surface area contributed by atoms with E-state index in [2.05, 4.69) is 0 Å². The summed E-state index contributed by atoms with van der Waals surface area (Å²) in [6.45, 7) is 4.04. The Morgan fingerprint density at radius 3 is 1.31 bits per heavy atom. The lowest BCUT2D eigenvalue weighted by molar-refractivity contribution is -0.137. The number of hydrogen-bond acceptors (Lipinski definition) is 3. The molecule has 6 nitrogen and oxygen atoms in total. The van der Waals surface area contributed by atoms with Crippen molar-refractivity contribution >= 4 is 17.9 Å². The van der Waals surface area contributed by atoms with E-state index in [0.717, 1.165) is 28.3 Å². The van der Waals surface area contributed by atoms with Crippen LogP contribution < -0.4 is 0 Å². The lowest BCUT2D eigenvalue weighted by atomic mass is 9.98. The highest BCUT2D eigenvalue weighted by Gasteiger charge is 2.33. The topological polar surface area (TPSA) is 112 Å². The Bertz CT molecular complexity index is 2150. The number of aromatic carboxylic acids is 3. The van der Waals surface area contributed by atoms with Gasteiger partial charge in [-0.3, -0.25) is 0 Å². The van der Waals surface area contributed by atoms with Gasteiger partial charge in [0.2, 0.25) is 0 Å². The van der Waals surface area contributed by atoms with Gasteiger partial charge in [-0.2, -0.15) is 13.2 Å². The minimum absolute atomic E-state index is 0.0295. The Balaban J connectivity index is 0.000000172. The standard InChI is InChI=1S/C14H9F3O2.2C14H12O2/c15-14(16,17)12-7-2-1-6-11(12)9-4-3-5-10(8-9)13(18)19;1-10-4-2-5-11(8-10)12-6-3-7-13(9-12)14(15)16;1-10-5-7-11(8-6-10)12-3-2-4-13(9-12)14(15)16/h1-8H,(H,18,19);2*2-9H,1H3,(H,15,16). The van der Waals surface area contributed by atoms with E-state index in [0.29, 0.717) is 11.1 Å². The number of carboxylic acid groups (broad SMARTS) is 3. The maximum absolute atomic E-state index is 12.9. The first-order valence-corrected chi connectivity index (χ1v) is 15.5. The second-order valence-electron chi connectivity index (χ2n) is 11.4. The van der Waals surface area contributed by atoms with Crippen LogP contribution in [0.25, 0.3) is 33.4 Å². The van der Waals surface area contributed by atoms with Gasteiger partial charge >= 0.3 is 24.1 Å². The molecule has 0 spiro atoms. The van der Waals surface area contributed by atoms with Crippen molar-refractivity contribution in [2.24, 2.45) is 0 Å². The third kappa shape index (κ3) is 10.5. The van der Waals surface area contributed by atoms with Crippen LogP contribution in [-0.4, -0.2) is 33.2 Å². The molecule has 3 N–H and O–H groups in total.